The number of hydrogen-bond acceptors (Lipinski definition) is 4. The van der Waals surface area contributed by atoms with Crippen LogP contribution in [0.15, 0.2) is 35.1 Å². The van der Waals surface area contributed by atoms with Gasteiger partial charge in [-0.15, -0.1) is 0 Å². The fraction of sp³-hybridized carbons (Fsp3) is 0.412. The zero-order chi connectivity index (χ0) is 15.8. The van der Waals surface area contributed by atoms with Gasteiger partial charge < -0.3 is 9.32 Å². The van der Waals surface area contributed by atoms with Crippen molar-refractivity contribution in [3.8, 4) is 11.3 Å². The van der Waals surface area contributed by atoms with Gasteiger partial charge in [0.2, 0.25) is 0 Å². The van der Waals surface area contributed by atoms with E-state index in [-0.39, 0.29) is 11.7 Å². The smallest absolute Gasteiger partial charge is 0.276 e. The standard InChI is InChI=1S/C17H18FN3O2/c18-13-5-3-12(4-6-13)16-15(19-11-23-16)17(22)21-9-8-20-7-1-2-14(20)10-21/h3-6,11,14H,1-2,7-10H2/t14-/m1/s1. The average molecular weight is 315 g/mol. The summed E-state index contributed by atoms with van der Waals surface area (Å²) in [4.78, 5) is 21.2. The molecule has 0 radical (unpaired) electrons. The van der Waals surface area contributed by atoms with Crippen molar-refractivity contribution in [3.05, 3.63) is 42.2 Å². The van der Waals surface area contributed by atoms with Crippen molar-refractivity contribution in [1.82, 2.24) is 14.8 Å². The Bertz CT molecular complexity index is 713. The van der Waals surface area contributed by atoms with E-state index in [1.165, 1.54) is 24.9 Å². The molecule has 3 heterocycles. The van der Waals surface area contributed by atoms with Gasteiger partial charge in [0.15, 0.2) is 17.8 Å². The third-order valence-corrected chi connectivity index (χ3v) is 4.75. The van der Waals surface area contributed by atoms with E-state index in [4.69, 9.17) is 4.42 Å². The first kappa shape index (κ1) is 14.4. The molecule has 2 aliphatic rings. The van der Waals surface area contributed by atoms with Crippen LogP contribution in [0.4, 0.5) is 4.39 Å². The summed E-state index contributed by atoms with van der Waals surface area (Å²) in [6, 6.07) is 6.37. The highest BCUT2D eigenvalue weighted by Crippen LogP contribution is 2.27. The highest BCUT2D eigenvalue weighted by molar-refractivity contribution is 5.97. The molecule has 2 fully saturated rings. The summed E-state index contributed by atoms with van der Waals surface area (Å²) in [5.74, 6) is -0.0213. The van der Waals surface area contributed by atoms with Gasteiger partial charge in [0.25, 0.3) is 5.91 Å². The van der Waals surface area contributed by atoms with E-state index < -0.39 is 0 Å². The first-order valence-electron chi connectivity index (χ1n) is 7.95. The van der Waals surface area contributed by atoms with E-state index in [2.05, 4.69) is 9.88 Å². The van der Waals surface area contributed by atoms with Crippen molar-refractivity contribution in [2.45, 2.75) is 18.9 Å². The molecule has 6 heteroatoms. The highest BCUT2D eigenvalue weighted by Gasteiger charge is 2.34. The van der Waals surface area contributed by atoms with Crippen LogP contribution in [0.3, 0.4) is 0 Å². The molecule has 0 bridgehead atoms. The number of piperazine rings is 1. The number of benzene rings is 1. The van der Waals surface area contributed by atoms with Gasteiger partial charge >= 0.3 is 0 Å². The van der Waals surface area contributed by atoms with Crippen molar-refractivity contribution >= 4 is 5.91 Å². The molecule has 0 N–H and O–H groups in total. The molecule has 23 heavy (non-hydrogen) atoms. The molecule has 5 nitrogen and oxygen atoms in total. The molecule has 0 aliphatic carbocycles. The molecule has 1 aromatic carbocycles. The molecular formula is C17H18FN3O2. The number of fused-ring (bicyclic) bond motifs is 1. The second-order valence-electron chi connectivity index (χ2n) is 6.12. The van der Waals surface area contributed by atoms with Crippen LogP contribution in [-0.2, 0) is 0 Å². The zero-order valence-corrected chi connectivity index (χ0v) is 12.7. The lowest BCUT2D eigenvalue weighted by Gasteiger charge is -2.37. The number of carbonyl (C=O) groups is 1. The van der Waals surface area contributed by atoms with Crippen molar-refractivity contribution < 1.29 is 13.6 Å². The maximum Gasteiger partial charge on any atom is 0.276 e. The fourth-order valence-corrected chi connectivity index (χ4v) is 3.53. The van der Waals surface area contributed by atoms with Gasteiger partial charge in [0.1, 0.15) is 5.82 Å². The number of aromatic nitrogens is 1. The summed E-state index contributed by atoms with van der Waals surface area (Å²) in [6.45, 7) is 3.51. The Balaban J connectivity index is 1.57. The SMILES string of the molecule is O=C(c1ncoc1-c1ccc(F)cc1)N1CCN2CCC[C@@H]2C1. The van der Waals surface area contributed by atoms with Crippen LogP contribution in [0.2, 0.25) is 0 Å². The van der Waals surface area contributed by atoms with Gasteiger partial charge in [-0.1, -0.05) is 0 Å². The number of amides is 1. The molecule has 1 atom stereocenters. The molecule has 120 valence electrons. The highest BCUT2D eigenvalue weighted by atomic mass is 19.1. The minimum atomic E-state index is -0.321. The Hall–Kier alpha value is -2.21. The lowest BCUT2D eigenvalue weighted by atomic mass is 10.1. The van der Waals surface area contributed by atoms with E-state index in [1.807, 2.05) is 4.90 Å². The third kappa shape index (κ3) is 2.63. The summed E-state index contributed by atoms with van der Waals surface area (Å²) < 4.78 is 18.5. The van der Waals surface area contributed by atoms with Gasteiger partial charge in [-0.25, -0.2) is 9.37 Å². The summed E-state index contributed by atoms with van der Waals surface area (Å²) in [7, 11) is 0. The van der Waals surface area contributed by atoms with Crippen LogP contribution in [-0.4, -0.2) is 52.9 Å². The third-order valence-electron chi connectivity index (χ3n) is 4.75. The summed E-state index contributed by atoms with van der Waals surface area (Å²) in [5, 5.41) is 0. The molecule has 2 saturated heterocycles. The Morgan fingerprint density at radius 3 is 2.87 bits per heavy atom. The first-order valence-corrected chi connectivity index (χ1v) is 7.95. The van der Waals surface area contributed by atoms with Crippen LogP contribution in [0.25, 0.3) is 11.3 Å². The van der Waals surface area contributed by atoms with Crippen molar-refractivity contribution in [1.29, 1.82) is 0 Å². The minimum absolute atomic E-state index is 0.107. The Kier molecular flexibility index (Phi) is 3.61. The van der Waals surface area contributed by atoms with Gasteiger partial charge in [-0.2, -0.15) is 0 Å². The molecule has 2 aromatic rings. The molecule has 4 rings (SSSR count). The summed E-state index contributed by atoms with van der Waals surface area (Å²) in [6.07, 6.45) is 3.63. The zero-order valence-electron chi connectivity index (χ0n) is 12.7. The number of carbonyl (C=O) groups excluding carboxylic acids is 1. The molecule has 0 saturated carbocycles. The molecule has 1 aromatic heterocycles. The number of oxazole rings is 1. The van der Waals surface area contributed by atoms with E-state index >= 15 is 0 Å². The van der Waals surface area contributed by atoms with Crippen molar-refractivity contribution in [2.24, 2.45) is 0 Å². The predicted molar refractivity (Wildman–Crippen MR) is 82.4 cm³/mol. The molecule has 1 amide bonds. The average Bonchev–Trinajstić information content (AvgIpc) is 3.23. The number of halogens is 1. The van der Waals surface area contributed by atoms with Gasteiger partial charge in [0, 0.05) is 31.2 Å². The second kappa shape index (κ2) is 5.77. The Morgan fingerprint density at radius 1 is 1.22 bits per heavy atom. The minimum Gasteiger partial charge on any atom is -0.443 e. The normalized spacial score (nSPS) is 21.4. The maximum atomic E-state index is 13.1. The topological polar surface area (TPSA) is 49.6 Å². The van der Waals surface area contributed by atoms with Gasteiger partial charge in [-0.05, 0) is 43.7 Å². The van der Waals surface area contributed by atoms with Crippen LogP contribution < -0.4 is 0 Å². The number of nitrogens with zero attached hydrogens (tertiary/aromatic N) is 3. The Morgan fingerprint density at radius 2 is 2.04 bits per heavy atom. The Labute approximate surface area is 133 Å². The quantitative estimate of drug-likeness (QED) is 0.854. The van der Waals surface area contributed by atoms with Crippen molar-refractivity contribution in [3.63, 3.8) is 0 Å². The van der Waals surface area contributed by atoms with Crippen LogP contribution in [0, 0.1) is 5.82 Å². The van der Waals surface area contributed by atoms with Gasteiger partial charge in [-0.3, -0.25) is 9.69 Å². The second-order valence-corrected chi connectivity index (χ2v) is 6.12. The molecule has 0 unspecified atom stereocenters. The monoisotopic (exact) mass is 315 g/mol. The summed E-state index contributed by atoms with van der Waals surface area (Å²) >= 11 is 0. The number of hydrogen-bond donors (Lipinski definition) is 0. The number of rotatable bonds is 2. The molecule has 0 spiro atoms. The predicted octanol–water partition coefficient (Wildman–Crippen LogP) is 2.40. The maximum absolute atomic E-state index is 13.1. The van der Waals surface area contributed by atoms with E-state index in [0.717, 1.165) is 26.1 Å². The first-order chi connectivity index (χ1) is 11.2. The van der Waals surface area contributed by atoms with Crippen LogP contribution >= 0.6 is 0 Å². The van der Waals surface area contributed by atoms with E-state index in [9.17, 15) is 9.18 Å². The van der Waals surface area contributed by atoms with Gasteiger partial charge in [0.05, 0.1) is 0 Å². The van der Waals surface area contributed by atoms with E-state index in [0.29, 0.717) is 29.6 Å². The molecular weight excluding hydrogens is 297 g/mol. The lowest BCUT2D eigenvalue weighted by Crippen LogP contribution is -2.52. The van der Waals surface area contributed by atoms with Crippen LogP contribution in [0.5, 0.6) is 0 Å². The summed E-state index contributed by atoms with van der Waals surface area (Å²) in [5.41, 5.74) is 0.967. The largest absolute Gasteiger partial charge is 0.443 e. The van der Waals surface area contributed by atoms with E-state index in [1.54, 1.807) is 12.1 Å². The van der Waals surface area contributed by atoms with Crippen LogP contribution in [0.1, 0.15) is 23.3 Å². The molecule has 2 aliphatic heterocycles. The lowest BCUT2D eigenvalue weighted by molar-refractivity contribution is 0.0566. The fourth-order valence-electron chi connectivity index (χ4n) is 3.53. The van der Waals surface area contributed by atoms with Crippen molar-refractivity contribution in [2.75, 3.05) is 26.2 Å².